The first-order valence-electron chi connectivity index (χ1n) is 11.9. The first kappa shape index (κ1) is 26.3. The summed E-state index contributed by atoms with van der Waals surface area (Å²) >= 11 is 0. The molecule has 1 unspecified atom stereocenters. The number of carbonyl (C=O) groups excluding carboxylic acids is 2. The topological polar surface area (TPSA) is 96.3 Å². The number of amides is 1. The van der Waals surface area contributed by atoms with Gasteiger partial charge in [-0.25, -0.2) is 0 Å². The highest BCUT2D eigenvalue weighted by atomic mass is 16.5. The number of aromatic hydroxyl groups is 1. The van der Waals surface area contributed by atoms with Crippen molar-refractivity contribution in [2.45, 2.75) is 59.1 Å². The molecule has 7 nitrogen and oxygen atoms in total. The summed E-state index contributed by atoms with van der Waals surface area (Å²) in [5, 5.41) is 21.6. The fourth-order valence-electron chi connectivity index (χ4n) is 4.43. The number of nitrogens with zero attached hydrogens (tertiary/aromatic N) is 1. The second kappa shape index (κ2) is 11.0. The molecular formula is C28H35NO6. The Balaban J connectivity index is 2.15. The van der Waals surface area contributed by atoms with Crippen LogP contribution in [0.5, 0.6) is 11.5 Å². The number of phenols is 1. The number of Topliss-reactive ketones (excluding diaryl/α,β-unsaturated/α-hetero) is 1. The zero-order valence-corrected chi connectivity index (χ0v) is 21.3. The van der Waals surface area contributed by atoms with E-state index in [1.807, 2.05) is 46.8 Å². The molecule has 0 aliphatic carbocycles. The Bertz CT molecular complexity index is 1130. The lowest BCUT2D eigenvalue weighted by Gasteiger charge is -2.26. The first-order valence-corrected chi connectivity index (χ1v) is 11.9. The second-order valence-electron chi connectivity index (χ2n) is 9.42. The largest absolute Gasteiger partial charge is 0.508 e. The fraction of sp³-hybridized carbons (Fsp3) is 0.429. The summed E-state index contributed by atoms with van der Waals surface area (Å²) in [5.74, 6) is -0.841. The first-order chi connectivity index (χ1) is 16.6. The third kappa shape index (κ3) is 5.51. The van der Waals surface area contributed by atoms with E-state index in [-0.39, 0.29) is 35.6 Å². The molecule has 3 rings (SSSR count). The Labute approximate surface area is 207 Å². The predicted molar refractivity (Wildman–Crippen MR) is 135 cm³/mol. The number of phenolic OH excluding ortho intramolecular Hbond substituents is 1. The van der Waals surface area contributed by atoms with Crippen LogP contribution in [0.2, 0.25) is 0 Å². The Morgan fingerprint density at radius 2 is 1.83 bits per heavy atom. The zero-order valence-electron chi connectivity index (χ0n) is 21.3. The van der Waals surface area contributed by atoms with E-state index < -0.39 is 17.7 Å². The maximum absolute atomic E-state index is 13.3. The number of methoxy groups -OCH3 is 1. The van der Waals surface area contributed by atoms with E-state index in [9.17, 15) is 19.8 Å². The quantitative estimate of drug-likeness (QED) is 0.225. The summed E-state index contributed by atoms with van der Waals surface area (Å²) in [6.07, 6.45) is 0.583. The molecule has 7 heteroatoms. The Kier molecular flexibility index (Phi) is 8.22. The van der Waals surface area contributed by atoms with Gasteiger partial charge < -0.3 is 24.6 Å². The van der Waals surface area contributed by atoms with Crippen LogP contribution in [0, 0.1) is 6.92 Å². The van der Waals surface area contributed by atoms with E-state index in [4.69, 9.17) is 9.47 Å². The summed E-state index contributed by atoms with van der Waals surface area (Å²) < 4.78 is 11.1. The van der Waals surface area contributed by atoms with Crippen LogP contribution < -0.4 is 4.74 Å². The average Bonchev–Trinajstić information content (AvgIpc) is 3.05. The van der Waals surface area contributed by atoms with Gasteiger partial charge in [0.2, 0.25) is 0 Å². The lowest BCUT2D eigenvalue weighted by Crippen LogP contribution is -2.31. The van der Waals surface area contributed by atoms with Gasteiger partial charge in [-0.3, -0.25) is 9.59 Å². The van der Waals surface area contributed by atoms with E-state index in [1.165, 1.54) is 17.0 Å². The highest BCUT2D eigenvalue weighted by Crippen LogP contribution is 2.42. The van der Waals surface area contributed by atoms with Crippen LogP contribution in [-0.2, 0) is 14.3 Å². The molecule has 1 amide bonds. The molecule has 1 heterocycles. The molecule has 2 aromatic carbocycles. The lowest BCUT2D eigenvalue weighted by atomic mass is 9.91. The summed E-state index contributed by atoms with van der Waals surface area (Å²) in [7, 11) is 1.59. The molecule has 1 saturated heterocycles. The maximum atomic E-state index is 13.3. The number of benzene rings is 2. The normalized spacial score (nSPS) is 17.6. The van der Waals surface area contributed by atoms with Crippen molar-refractivity contribution in [1.29, 1.82) is 0 Å². The number of aliphatic hydroxyl groups excluding tert-OH is 1. The van der Waals surface area contributed by atoms with Crippen molar-refractivity contribution in [1.82, 2.24) is 4.90 Å². The smallest absolute Gasteiger partial charge is 0.295 e. The van der Waals surface area contributed by atoms with Crippen LogP contribution in [0.15, 0.2) is 42.0 Å². The van der Waals surface area contributed by atoms with Gasteiger partial charge in [0.1, 0.15) is 17.3 Å². The van der Waals surface area contributed by atoms with E-state index in [2.05, 4.69) is 0 Å². The van der Waals surface area contributed by atoms with Crippen molar-refractivity contribution in [3.05, 3.63) is 64.2 Å². The number of aryl methyl sites for hydroxylation is 1. The fourth-order valence-corrected chi connectivity index (χ4v) is 4.43. The van der Waals surface area contributed by atoms with Crippen molar-refractivity contribution in [2.75, 3.05) is 20.3 Å². The monoisotopic (exact) mass is 481 g/mol. The molecule has 1 fully saturated rings. The highest BCUT2D eigenvalue weighted by molar-refractivity contribution is 6.46. The van der Waals surface area contributed by atoms with Crippen LogP contribution in [0.3, 0.4) is 0 Å². The van der Waals surface area contributed by atoms with Gasteiger partial charge in [-0.15, -0.1) is 0 Å². The molecular weight excluding hydrogens is 446 g/mol. The lowest BCUT2D eigenvalue weighted by molar-refractivity contribution is -0.140. The van der Waals surface area contributed by atoms with Gasteiger partial charge in [0, 0.05) is 18.7 Å². The number of likely N-dealkylation sites (tertiary alicyclic amines) is 1. The minimum Gasteiger partial charge on any atom is -0.508 e. The number of rotatable bonds is 9. The van der Waals surface area contributed by atoms with Crippen LogP contribution in [0.1, 0.15) is 68.3 Å². The van der Waals surface area contributed by atoms with Gasteiger partial charge in [0.05, 0.1) is 24.8 Å². The molecule has 188 valence electrons. The SMILES string of the molecule is COc1cc(C)c(/C(O)=C2\C(=O)C(=O)N(CCCOC(C)C)C2c2cccc(O)c2)cc1C(C)C. The Morgan fingerprint density at radius 3 is 2.43 bits per heavy atom. The predicted octanol–water partition coefficient (Wildman–Crippen LogP) is 5.07. The van der Waals surface area contributed by atoms with Gasteiger partial charge >= 0.3 is 0 Å². The summed E-state index contributed by atoms with van der Waals surface area (Å²) in [5.41, 5.74) is 2.63. The molecule has 1 aliphatic rings. The second-order valence-corrected chi connectivity index (χ2v) is 9.42. The highest BCUT2D eigenvalue weighted by Gasteiger charge is 2.46. The summed E-state index contributed by atoms with van der Waals surface area (Å²) in [6.45, 7) is 10.4. The molecule has 0 spiro atoms. The minimum absolute atomic E-state index is 0.00773. The van der Waals surface area contributed by atoms with Crippen molar-refractivity contribution < 1.29 is 29.3 Å². The van der Waals surface area contributed by atoms with E-state index >= 15 is 0 Å². The molecule has 35 heavy (non-hydrogen) atoms. The van der Waals surface area contributed by atoms with Crippen LogP contribution in [-0.4, -0.2) is 53.2 Å². The van der Waals surface area contributed by atoms with Gasteiger partial charge in [-0.2, -0.15) is 0 Å². The minimum atomic E-state index is -0.829. The van der Waals surface area contributed by atoms with Gasteiger partial charge in [0.15, 0.2) is 0 Å². The number of ether oxygens (including phenoxy) is 2. The van der Waals surface area contributed by atoms with E-state index in [1.54, 1.807) is 19.2 Å². The van der Waals surface area contributed by atoms with Gasteiger partial charge in [-0.05, 0) is 74.1 Å². The third-order valence-electron chi connectivity index (χ3n) is 6.17. The van der Waals surface area contributed by atoms with E-state index in [0.29, 0.717) is 29.9 Å². The van der Waals surface area contributed by atoms with Gasteiger partial charge in [0.25, 0.3) is 11.7 Å². The summed E-state index contributed by atoms with van der Waals surface area (Å²) in [6, 6.07) is 9.25. The average molecular weight is 482 g/mol. The zero-order chi connectivity index (χ0) is 25.9. The summed E-state index contributed by atoms with van der Waals surface area (Å²) in [4.78, 5) is 27.8. The number of hydrogen-bond acceptors (Lipinski definition) is 6. The third-order valence-corrected chi connectivity index (χ3v) is 6.17. The molecule has 0 bridgehead atoms. The molecule has 2 aromatic rings. The van der Waals surface area contributed by atoms with Crippen molar-refractivity contribution in [2.24, 2.45) is 0 Å². The number of ketones is 1. The van der Waals surface area contributed by atoms with Crippen molar-refractivity contribution >= 4 is 17.4 Å². The van der Waals surface area contributed by atoms with Gasteiger partial charge in [-0.1, -0.05) is 26.0 Å². The molecule has 2 N–H and O–H groups in total. The molecule has 0 radical (unpaired) electrons. The molecule has 0 aromatic heterocycles. The van der Waals surface area contributed by atoms with E-state index in [0.717, 1.165) is 11.1 Å². The number of hydrogen-bond donors (Lipinski definition) is 2. The Hall–Kier alpha value is -3.32. The Morgan fingerprint density at radius 1 is 1.11 bits per heavy atom. The number of carbonyl (C=O) groups is 2. The van der Waals surface area contributed by atoms with Crippen LogP contribution >= 0.6 is 0 Å². The standard InChI is InChI=1S/C28H35NO6/c1-16(2)21-15-22(18(5)13-23(21)34-6)26(31)24-25(19-9-7-10-20(30)14-19)29(28(33)27(24)32)11-8-12-35-17(3)4/h7,9-10,13-17,25,30-31H,8,11-12H2,1-6H3/b26-24+. The van der Waals surface area contributed by atoms with Crippen LogP contribution in [0.4, 0.5) is 0 Å². The van der Waals surface area contributed by atoms with Crippen LogP contribution in [0.25, 0.3) is 5.76 Å². The molecule has 1 aliphatic heterocycles. The molecule has 1 atom stereocenters. The van der Waals surface area contributed by atoms with Crippen molar-refractivity contribution in [3.63, 3.8) is 0 Å². The molecule has 0 saturated carbocycles. The van der Waals surface area contributed by atoms with Crippen molar-refractivity contribution in [3.8, 4) is 11.5 Å². The number of aliphatic hydroxyl groups is 1. The maximum Gasteiger partial charge on any atom is 0.295 e.